The molecule has 0 amide bonds. The van der Waals surface area contributed by atoms with Gasteiger partial charge in [-0.15, -0.1) is 12.4 Å². The highest BCUT2D eigenvalue weighted by atomic mass is 35.5. The van der Waals surface area contributed by atoms with Crippen LogP contribution in [0.1, 0.15) is 5.56 Å². The number of imidazole rings is 1. The van der Waals surface area contributed by atoms with Crippen molar-refractivity contribution < 1.29 is 8.42 Å². The average molecular weight is 407 g/mol. The van der Waals surface area contributed by atoms with E-state index in [4.69, 9.17) is 0 Å². The second kappa shape index (κ2) is 6.67. The summed E-state index contributed by atoms with van der Waals surface area (Å²) >= 11 is 0. The maximum absolute atomic E-state index is 12.7. The molecule has 4 aromatic rings. The number of hydrogen-bond donors (Lipinski definition) is 1. The van der Waals surface area contributed by atoms with Crippen LogP contribution < -0.4 is 15.8 Å². The Hall–Kier alpha value is -2.91. The molecule has 140 valence electrons. The van der Waals surface area contributed by atoms with Crippen molar-refractivity contribution in [2.75, 3.05) is 11.0 Å². The van der Waals surface area contributed by atoms with Crippen LogP contribution in [0.5, 0.6) is 0 Å². The van der Waals surface area contributed by atoms with Crippen molar-refractivity contribution in [1.82, 2.24) is 14.0 Å². The summed E-state index contributed by atoms with van der Waals surface area (Å²) in [4.78, 5) is 29.6. The van der Waals surface area contributed by atoms with Gasteiger partial charge in [-0.05, 0) is 29.8 Å². The van der Waals surface area contributed by atoms with Crippen LogP contribution in [0.15, 0.2) is 58.3 Å². The minimum Gasteiger partial charge on any atom is -0.284 e. The predicted molar refractivity (Wildman–Crippen MR) is 106 cm³/mol. The van der Waals surface area contributed by atoms with Gasteiger partial charge < -0.3 is 0 Å². The van der Waals surface area contributed by atoms with Crippen LogP contribution in [0.25, 0.3) is 16.7 Å². The van der Waals surface area contributed by atoms with Crippen LogP contribution in [-0.2, 0) is 16.6 Å². The summed E-state index contributed by atoms with van der Waals surface area (Å²) in [6.45, 7) is 0.0817. The Kier molecular flexibility index (Phi) is 4.66. The number of nitrogens with zero attached hydrogens (tertiary/aromatic N) is 3. The van der Waals surface area contributed by atoms with Gasteiger partial charge in [-0.25, -0.2) is 13.4 Å². The van der Waals surface area contributed by atoms with E-state index in [9.17, 15) is 18.0 Å². The number of hydrogen-bond acceptors (Lipinski definition) is 5. The molecule has 0 aliphatic carbocycles. The molecule has 0 unspecified atom stereocenters. The third kappa shape index (κ3) is 3.38. The lowest BCUT2D eigenvalue weighted by atomic mass is 10.2. The lowest BCUT2D eigenvalue weighted by Crippen LogP contribution is -2.35. The van der Waals surface area contributed by atoms with Crippen LogP contribution in [0.4, 0.5) is 5.69 Å². The van der Waals surface area contributed by atoms with Crippen LogP contribution in [0.3, 0.4) is 0 Å². The molecule has 0 aliphatic rings. The van der Waals surface area contributed by atoms with Crippen molar-refractivity contribution in [3.05, 3.63) is 74.9 Å². The molecule has 3 heterocycles. The van der Waals surface area contributed by atoms with Crippen molar-refractivity contribution in [3.8, 4) is 0 Å². The number of rotatable bonds is 4. The first-order chi connectivity index (χ1) is 12.3. The Morgan fingerprint density at radius 1 is 1.00 bits per heavy atom. The number of nitrogens with one attached hydrogen (secondary N) is 1. The zero-order valence-electron chi connectivity index (χ0n) is 14.1. The lowest BCUT2D eigenvalue weighted by Gasteiger charge is -2.09. The van der Waals surface area contributed by atoms with Crippen molar-refractivity contribution >= 4 is 44.8 Å². The van der Waals surface area contributed by atoms with E-state index in [1.165, 1.54) is 6.20 Å². The predicted octanol–water partition coefficient (Wildman–Crippen LogP) is 1.29. The van der Waals surface area contributed by atoms with Crippen molar-refractivity contribution in [1.29, 1.82) is 0 Å². The molecular weight excluding hydrogens is 392 g/mol. The first-order valence-electron chi connectivity index (χ1n) is 7.73. The normalized spacial score (nSPS) is 11.6. The van der Waals surface area contributed by atoms with Crippen molar-refractivity contribution in [2.24, 2.45) is 0 Å². The molecule has 0 radical (unpaired) electrons. The third-order valence-corrected chi connectivity index (χ3v) is 4.66. The smallest absolute Gasteiger partial charge is 0.279 e. The minimum atomic E-state index is -3.36. The molecule has 0 spiro atoms. The Labute approximate surface area is 159 Å². The molecular formula is C17H15ClN4O4S. The summed E-state index contributed by atoms with van der Waals surface area (Å²) in [7, 11) is -3.36. The SMILES string of the molecule is CS(=O)(=O)Nc1ccc(Cn2c(=O)c3cccc4ncc(c2=O)n43)cc1.Cl. The molecule has 8 nitrogen and oxygen atoms in total. The summed E-state index contributed by atoms with van der Waals surface area (Å²) < 4.78 is 27.6. The van der Waals surface area contributed by atoms with E-state index in [2.05, 4.69) is 9.71 Å². The Morgan fingerprint density at radius 3 is 2.33 bits per heavy atom. The maximum atomic E-state index is 12.7. The largest absolute Gasteiger partial charge is 0.284 e. The van der Waals surface area contributed by atoms with Gasteiger partial charge in [0.05, 0.1) is 19.0 Å². The van der Waals surface area contributed by atoms with E-state index in [0.717, 1.165) is 10.8 Å². The molecule has 0 saturated carbocycles. The van der Waals surface area contributed by atoms with Crippen molar-refractivity contribution in [3.63, 3.8) is 0 Å². The number of pyridine rings is 1. The molecule has 3 aromatic heterocycles. The molecule has 4 rings (SSSR count). The van der Waals surface area contributed by atoms with Gasteiger partial charge in [-0.3, -0.25) is 23.3 Å². The quantitative estimate of drug-likeness (QED) is 0.550. The second-order valence-corrected chi connectivity index (χ2v) is 7.76. The Bertz CT molecular complexity index is 1340. The van der Waals surface area contributed by atoms with Crippen LogP contribution in [0, 0.1) is 0 Å². The zero-order valence-corrected chi connectivity index (χ0v) is 15.8. The summed E-state index contributed by atoms with van der Waals surface area (Å²) in [6, 6.07) is 11.6. The van der Waals surface area contributed by atoms with Gasteiger partial charge in [0.2, 0.25) is 10.0 Å². The van der Waals surface area contributed by atoms with E-state index in [1.807, 2.05) is 0 Å². The molecule has 1 N–H and O–H groups in total. The van der Waals surface area contributed by atoms with E-state index >= 15 is 0 Å². The summed E-state index contributed by atoms with van der Waals surface area (Å²) in [5.74, 6) is 0. The van der Waals surface area contributed by atoms with E-state index in [0.29, 0.717) is 27.9 Å². The van der Waals surface area contributed by atoms with E-state index in [-0.39, 0.29) is 19.0 Å². The minimum absolute atomic E-state index is 0. The van der Waals surface area contributed by atoms with Gasteiger partial charge in [0.25, 0.3) is 11.1 Å². The molecule has 27 heavy (non-hydrogen) atoms. The van der Waals surface area contributed by atoms with Crippen molar-refractivity contribution in [2.45, 2.75) is 6.54 Å². The van der Waals surface area contributed by atoms with Crippen LogP contribution in [0.2, 0.25) is 0 Å². The first-order valence-corrected chi connectivity index (χ1v) is 9.62. The highest BCUT2D eigenvalue weighted by Gasteiger charge is 2.14. The van der Waals surface area contributed by atoms with Gasteiger partial charge in [0.15, 0.2) is 0 Å². The summed E-state index contributed by atoms with van der Waals surface area (Å²) in [5.41, 5.74) is 1.57. The summed E-state index contributed by atoms with van der Waals surface area (Å²) in [6.07, 6.45) is 2.52. The highest BCUT2D eigenvalue weighted by molar-refractivity contribution is 7.92. The highest BCUT2D eigenvalue weighted by Crippen LogP contribution is 2.13. The van der Waals surface area contributed by atoms with E-state index < -0.39 is 21.1 Å². The van der Waals surface area contributed by atoms with Gasteiger partial charge in [-0.1, -0.05) is 18.2 Å². The Balaban J connectivity index is 0.00000210. The lowest BCUT2D eigenvalue weighted by molar-refractivity contribution is 0.607. The van der Waals surface area contributed by atoms with Gasteiger partial charge in [0, 0.05) is 5.69 Å². The number of sulfonamides is 1. The molecule has 0 bridgehead atoms. The summed E-state index contributed by atoms with van der Waals surface area (Å²) in [5, 5.41) is 0. The van der Waals surface area contributed by atoms with Crippen LogP contribution >= 0.6 is 12.4 Å². The van der Waals surface area contributed by atoms with Crippen LogP contribution in [-0.4, -0.2) is 28.6 Å². The standard InChI is InChI=1S/C17H14N4O4S.ClH/c1-26(24,25)19-12-7-5-11(6-8-12)10-20-16(22)13-3-2-4-15-18-9-14(17(20)23)21(13)15;/h2-9,19H,10H2,1H3;1H. The molecule has 0 aliphatic heterocycles. The van der Waals surface area contributed by atoms with Gasteiger partial charge in [-0.2, -0.15) is 0 Å². The fourth-order valence-corrected chi connectivity index (χ4v) is 3.51. The molecule has 0 atom stereocenters. The molecule has 0 saturated heterocycles. The number of benzene rings is 1. The maximum Gasteiger partial charge on any atom is 0.279 e. The van der Waals surface area contributed by atoms with Gasteiger partial charge in [0.1, 0.15) is 16.7 Å². The fraction of sp³-hybridized carbons (Fsp3) is 0.118. The Morgan fingerprint density at radius 2 is 1.67 bits per heavy atom. The molecule has 10 heteroatoms. The third-order valence-electron chi connectivity index (χ3n) is 4.06. The molecule has 1 aromatic carbocycles. The number of halogens is 1. The molecule has 0 fully saturated rings. The zero-order chi connectivity index (χ0) is 18.5. The fourth-order valence-electron chi connectivity index (χ4n) is 2.94. The van der Waals surface area contributed by atoms with E-state index in [1.54, 1.807) is 46.9 Å². The first kappa shape index (κ1) is 18.9. The number of aromatic nitrogens is 3. The number of anilines is 1. The monoisotopic (exact) mass is 406 g/mol. The topological polar surface area (TPSA) is 103 Å². The second-order valence-electron chi connectivity index (χ2n) is 6.02. The van der Waals surface area contributed by atoms with Gasteiger partial charge >= 0.3 is 0 Å². The average Bonchev–Trinajstić information content (AvgIpc) is 3.02.